The molecule has 26 heavy (non-hydrogen) atoms. The molecule has 130 valence electrons. The van der Waals surface area contributed by atoms with Gasteiger partial charge in [-0.25, -0.2) is 0 Å². The van der Waals surface area contributed by atoms with E-state index in [4.69, 9.17) is 0 Å². The Hall–Kier alpha value is -2.65. The van der Waals surface area contributed by atoms with Gasteiger partial charge < -0.3 is 0 Å². The smallest absolute Gasteiger partial charge is 0.194 e. The van der Waals surface area contributed by atoms with Crippen molar-refractivity contribution >= 4 is 22.7 Å². The normalized spacial score (nSPS) is 11.7. The van der Waals surface area contributed by atoms with Gasteiger partial charge in [0.2, 0.25) is 0 Å². The first-order chi connectivity index (χ1) is 12.7. The number of hydrogen-bond donors (Lipinski definition) is 0. The van der Waals surface area contributed by atoms with Crippen LogP contribution in [0.15, 0.2) is 95.9 Å². The Bertz CT molecular complexity index is 845. The van der Waals surface area contributed by atoms with E-state index < -0.39 is 0 Å². The van der Waals surface area contributed by atoms with Crippen LogP contribution in [0.4, 0.5) is 0 Å². The molecule has 0 saturated heterocycles. The van der Waals surface area contributed by atoms with Crippen LogP contribution in [0.25, 0.3) is 0 Å². The Kier molecular flexibility index (Phi) is 6.39. The summed E-state index contributed by atoms with van der Waals surface area (Å²) in [5, 5.41) is 0.0749. The number of hydrogen-bond acceptors (Lipinski definition) is 3. The molecule has 0 fully saturated rings. The van der Waals surface area contributed by atoms with Crippen LogP contribution in [0.5, 0.6) is 0 Å². The van der Waals surface area contributed by atoms with Gasteiger partial charge >= 0.3 is 0 Å². The van der Waals surface area contributed by atoms with Gasteiger partial charge in [-0.2, -0.15) is 0 Å². The van der Waals surface area contributed by atoms with Crippen LogP contribution in [0.3, 0.4) is 0 Å². The van der Waals surface area contributed by atoms with E-state index in [0.29, 0.717) is 18.4 Å². The van der Waals surface area contributed by atoms with E-state index in [1.54, 1.807) is 0 Å². The molecule has 0 N–H and O–H groups in total. The maximum absolute atomic E-state index is 12.7. The quantitative estimate of drug-likeness (QED) is 0.397. The van der Waals surface area contributed by atoms with Gasteiger partial charge in [0.05, 0.1) is 0 Å². The highest BCUT2D eigenvalue weighted by molar-refractivity contribution is 8.13. The summed E-state index contributed by atoms with van der Waals surface area (Å²) >= 11 is 1.24. The maximum atomic E-state index is 12.7. The molecule has 0 saturated carbocycles. The van der Waals surface area contributed by atoms with Crippen LogP contribution in [0, 0.1) is 0 Å². The molecule has 0 spiro atoms. The fourth-order valence-electron chi connectivity index (χ4n) is 2.86. The average molecular weight is 360 g/mol. The summed E-state index contributed by atoms with van der Waals surface area (Å²) in [5.41, 5.74) is 1.72. The molecule has 0 amide bonds. The Morgan fingerprint density at radius 3 is 1.85 bits per heavy atom. The first-order valence-electron chi connectivity index (χ1n) is 8.61. The molecule has 0 aliphatic carbocycles. The molecular weight excluding hydrogens is 340 g/mol. The molecule has 3 aromatic carbocycles. The predicted molar refractivity (Wildman–Crippen MR) is 106 cm³/mol. The number of rotatable bonds is 7. The van der Waals surface area contributed by atoms with Gasteiger partial charge in [-0.05, 0) is 23.6 Å². The van der Waals surface area contributed by atoms with Crippen molar-refractivity contribution < 1.29 is 9.59 Å². The number of benzene rings is 3. The average Bonchev–Trinajstić information content (AvgIpc) is 2.69. The van der Waals surface area contributed by atoms with E-state index in [1.165, 1.54) is 11.8 Å². The monoisotopic (exact) mass is 360 g/mol. The van der Waals surface area contributed by atoms with E-state index in [1.807, 2.05) is 91.0 Å². The molecule has 0 bridgehead atoms. The van der Waals surface area contributed by atoms with Crippen LogP contribution in [0.2, 0.25) is 0 Å². The minimum Gasteiger partial charge on any atom is -0.294 e. The van der Waals surface area contributed by atoms with Gasteiger partial charge in [0.25, 0.3) is 0 Å². The summed E-state index contributed by atoms with van der Waals surface area (Å²) in [6.07, 6.45) is 0.664. The zero-order valence-electron chi connectivity index (χ0n) is 14.4. The fourth-order valence-corrected chi connectivity index (χ4v) is 3.70. The molecule has 0 aliphatic rings. The van der Waals surface area contributed by atoms with Crippen molar-refractivity contribution in [1.82, 2.24) is 0 Å². The second-order valence-corrected chi connectivity index (χ2v) is 7.22. The molecule has 3 heteroatoms. The van der Waals surface area contributed by atoms with Gasteiger partial charge in [-0.1, -0.05) is 90.6 Å². The van der Waals surface area contributed by atoms with Crippen LogP contribution in [0.1, 0.15) is 34.7 Å². The summed E-state index contributed by atoms with van der Waals surface area (Å²) in [4.78, 5) is 26.1. The predicted octanol–water partition coefficient (Wildman–Crippen LogP) is 5.75. The molecule has 0 aromatic heterocycles. The lowest BCUT2D eigenvalue weighted by Gasteiger charge is -2.16. The molecular formula is C23H20O2S. The Morgan fingerprint density at radius 2 is 1.23 bits per heavy atom. The van der Waals surface area contributed by atoms with E-state index in [0.717, 1.165) is 10.5 Å². The van der Waals surface area contributed by atoms with Crippen molar-refractivity contribution in [3.05, 3.63) is 102 Å². The largest absolute Gasteiger partial charge is 0.294 e. The molecule has 3 rings (SSSR count). The molecule has 1 atom stereocenters. The van der Waals surface area contributed by atoms with Crippen molar-refractivity contribution in [2.24, 2.45) is 0 Å². The molecule has 0 heterocycles. The highest BCUT2D eigenvalue weighted by Crippen LogP contribution is 2.30. The number of carbonyl (C=O) groups excluding carboxylic acids is 2. The van der Waals surface area contributed by atoms with Crippen LogP contribution in [-0.4, -0.2) is 10.9 Å². The number of ketones is 1. The van der Waals surface area contributed by atoms with E-state index >= 15 is 0 Å². The summed E-state index contributed by atoms with van der Waals surface area (Å²) < 4.78 is 0. The second kappa shape index (κ2) is 9.16. The number of thioether (sulfide) groups is 1. The third-order valence-electron chi connectivity index (χ3n) is 4.19. The Balaban J connectivity index is 1.73. The van der Waals surface area contributed by atoms with E-state index in [-0.39, 0.29) is 16.8 Å². The third kappa shape index (κ3) is 5.17. The Morgan fingerprint density at radius 1 is 0.692 bits per heavy atom. The molecule has 0 aliphatic heterocycles. The third-order valence-corrected chi connectivity index (χ3v) is 5.09. The van der Waals surface area contributed by atoms with Crippen molar-refractivity contribution in [3.63, 3.8) is 0 Å². The van der Waals surface area contributed by atoms with Gasteiger partial charge in [0.1, 0.15) is 0 Å². The minimum absolute atomic E-state index is 0.0666. The first-order valence-corrected chi connectivity index (χ1v) is 9.43. The van der Waals surface area contributed by atoms with Crippen LogP contribution >= 0.6 is 11.8 Å². The zero-order valence-corrected chi connectivity index (χ0v) is 15.2. The summed E-state index contributed by atoms with van der Waals surface area (Å²) in [7, 11) is 0. The standard InChI is InChI=1S/C23H20O2S/c24-22(19-12-6-2-7-13-19)16-20(18-10-4-1-5-11-18)17-23(25)26-21-14-8-3-9-15-21/h1-15,20H,16-17H2. The van der Waals surface area contributed by atoms with Crippen molar-refractivity contribution in [2.45, 2.75) is 23.7 Å². The van der Waals surface area contributed by atoms with Gasteiger partial charge in [0, 0.05) is 23.3 Å². The van der Waals surface area contributed by atoms with Crippen molar-refractivity contribution in [3.8, 4) is 0 Å². The maximum Gasteiger partial charge on any atom is 0.194 e. The minimum atomic E-state index is -0.118. The zero-order chi connectivity index (χ0) is 18.2. The van der Waals surface area contributed by atoms with E-state index in [9.17, 15) is 9.59 Å². The lowest BCUT2D eigenvalue weighted by Crippen LogP contribution is -2.11. The molecule has 2 nitrogen and oxygen atoms in total. The fraction of sp³-hybridized carbons (Fsp3) is 0.130. The lowest BCUT2D eigenvalue weighted by atomic mass is 9.89. The molecule has 3 aromatic rings. The first kappa shape index (κ1) is 18.2. The summed E-state index contributed by atoms with van der Waals surface area (Å²) in [6, 6.07) is 28.7. The van der Waals surface area contributed by atoms with Crippen LogP contribution in [-0.2, 0) is 4.79 Å². The highest BCUT2D eigenvalue weighted by atomic mass is 32.2. The number of carbonyl (C=O) groups is 2. The highest BCUT2D eigenvalue weighted by Gasteiger charge is 2.21. The SMILES string of the molecule is O=C(CC(CC(=O)c1ccccc1)c1ccccc1)Sc1ccccc1. The van der Waals surface area contributed by atoms with Gasteiger partial charge in [-0.15, -0.1) is 0 Å². The lowest BCUT2D eigenvalue weighted by molar-refractivity contribution is -0.111. The summed E-state index contributed by atoms with van der Waals surface area (Å²) in [6.45, 7) is 0. The van der Waals surface area contributed by atoms with Gasteiger partial charge in [-0.3, -0.25) is 9.59 Å². The van der Waals surface area contributed by atoms with Gasteiger partial charge in [0.15, 0.2) is 10.9 Å². The topological polar surface area (TPSA) is 34.1 Å². The van der Waals surface area contributed by atoms with E-state index in [2.05, 4.69) is 0 Å². The Labute approximate surface area is 158 Å². The number of Topliss-reactive ketones (excluding diaryl/α,β-unsaturated/α-hetero) is 1. The molecule has 0 radical (unpaired) electrons. The van der Waals surface area contributed by atoms with Crippen molar-refractivity contribution in [1.29, 1.82) is 0 Å². The second-order valence-electron chi connectivity index (χ2n) is 6.09. The summed E-state index contributed by atoms with van der Waals surface area (Å²) in [5.74, 6) is -0.0513. The van der Waals surface area contributed by atoms with Crippen molar-refractivity contribution in [2.75, 3.05) is 0 Å². The molecule has 1 unspecified atom stereocenters. The van der Waals surface area contributed by atoms with Crippen LogP contribution < -0.4 is 0 Å².